The molecule has 2 aromatic carbocycles. The van der Waals surface area contributed by atoms with Gasteiger partial charge in [-0.1, -0.05) is 83.7 Å². The van der Waals surface area contributed by atoms with E-state index in [1.807, 2.05) is 18.2 Å². The maximum atomic E-state index is 11.1. The topological polar surface area (TPSA) is 56.8 Å². The third kappa shape index (κ3) is 5.98. The number of hydrogen-bond donors (Lipinski definition) is 2. The first-order valence-electron chi connectivity index (χ1n) is 16.7. The molecule has 3 fully saturated rings. The Morgan fingerprint density at radius 2 is 1.53 bits per heavy atom. The number of aliphatic hydroxyl groups excluding tert-OH is 2. The van der Waals surface area contributed by atoms with E-state index < -0.39 is 0 Å². The molecule has 4 unspecified atom stereocenters. The summed E-state index contributed by atoms with van der Waals surface area (Å²) in [7, 11) is 0. The molecule has 1 aliphatic heterocycles. The molecule has 43 heavy (non-hydrogen) atoms. The van der Waals surface area contributed by atoms with Gasteiger partial charge in [0.15, 0.2) is 0 Å². The second-order valence-electron chi connectivity index (χ2n) is 15.1. The van der Waals surface area contributed by atoms with Crippen LogP contribution in [0.25, 0.3) is 21.9 Å². The molecule has 1 aromatic heterocycles. The number of fused-ring (bicyclic) bond motifs is 4. The number of para-hydroxylation sites is 1. The van der Waals surface area contributed by atoms with Gasteiger partial charge >= 0.3 is 0 Å². The maximum absolute atomic E-state index is 11.1. The van der Waals surface area contributed by atoms with Crippen LogP contribution in [-0.2, 0) is 20.1 Å². The van der Waals surface area contributed by atoms with Crippen LogP contribution in [0.15, 0.2) is 40.8 Å². The van der Waals surface area contributed by atoms with Crippen molar-refractivity contribution in [1.29, 1.82) is 0 Å². The van der Waals surface area contributed by atoms with Gasteiger partial charge < -0.3 is 19.5 Å². The van der Waals surface area contributed by atoms with E-state index in [-0.39, 0.29) is 60.0 Å². The molecule has 4 atom stereocenters. The molecule has 3 aliphatic rings. The van der Waals surface area contributed by atoms with Gasteiger partial charge in [0.2, 0.25) is 0 Å². The molecular weight excluding hydrogens is 711 g/mol. The van der Waals surface area contributed by atoms with Gasteiger partial charge in [0, 0.05) is 42.5 Å². The Labute approximate surface area is 274 Å². The van der Waals surface area contributed by atoms with Crippen molar-refractivity contribution in [2.24, 2.45) is 28.1 Å². The standard InChI is InChI=1S/C20H21NO.C18H34O2.Ir/c1-19(2)12-20(3,4)21(13-19)16-10-7-9-15-14-8-5-6-11-17(14)22-18(15)16;1-5-17(6-2)11-9-10-13-12-18(7-3,8-4)16(20)14(13)15(17)19;/h5-9,11,13H,12H2,1-4H3;13-16,19-20H,5-12H2,1-4H3;/q-2;;. The summed E-state index contributed by atoms with van der Waals surface area (Å²) in [5, 5.41) is 24.4. The fourth-order valence-electron chi connectivity index (χ4n) is 9.41. The molecule has 2 aliphatic carbocycles. The van der Waals surface area contributed by atoms with E-state index in [0.29, 0.717) is 5.92 Å². The normalized spacial score (nSPS) is 28.6. The van der Waals surface area contributed by atoms with Gasteiger partial charge in [0.25, 0.3) is 0 Å². The monoisotopic (exact) mass is 766 g/mol. The van der Waals surface area contributed by atoms with Gasteiger partial charge in [-0.05, 0) is 81.6 Å². The SMILES string of the molecule is CC1(C)[CH-]N(c2[c-]ccc3c2oc2ccccc23)C(C)(C)C1.CCC1(CC)CCCC2CC(CC)(CC)C(O)C2C1O.[Ir]. The van der Waals surface area contributed by atoms with Crippen LogP contribution < -0.4 is 4.90 Å². The molecule has 3 aromatic rings. The predicted molar refractivity (Wildman–Crippen MR) is 175 cm³/mol. The molecule has 5 heteroatoms. The maximum Gasteiger partial charge on any atom is 0.116 e. The zero-order valence-corrected chi connectivity index (χ0v) is 30.2. The van der Waals surface area contributed by atoms with E-state index in [2.05, 4.69) is 91.1 Å². The fraction of sp³-hybridized carbons (Fsp3) is 0.658. The van der Waals surface area contributed by atoms with E-state index in [1.165, 1.54) is 23.6 Å². The van der Waals surface area contributed by atoms with Crippen molar-refractivity contribution in [3.8, 4) is 0 Å². The van der Waals surface area contributed by atoms with Crippen LogP contribution in [0.4, 0.5) is 5.69 Å². The zero-order valence-electron chi connectivity index (χ0n) is 27.8. The fourth-order valence-corrected chi connectivity index (χ4v) is 9.41. The smallest absolute Gasteiger partial charge is 0.116 e. The van der Waals surface area contributed by atoms with E-state index in [4.69, 9.17) is 4.42 Å². The Morgan fingerprint density at radius 3 is 2.14 bits per heavy atom. The van der Waals surface area contributed by atoms with E-state index in [0.717, 1.165) is 61.8 Å². The predicted octanol–water partition coefficient (Wildman–Crippen LogP) is 9.70. The van der Waals surface area contributed by atoms with Crippen molar-refractivity contribution in [1.82, 2.24) is 0 Å². The Bertz CT molecular complexity index is 1370. The van der Waals surface area contributed by atoms with Gasteiger partial charge in [-0.2, -0.15) is 18.2 Å². The Balaban J connectivity index is 0.000000194. The summed E-state index contributed by atoms with van der Waals surface area (Å²) in [4.78, 5) is 2.34. The van der Waals surface area contributed by atoms with E-state index in [9.17, 15) is 10.2 Å². The van der Waals surface area contributed by atoms with Gasteiger partial charge in [0.05, 0.1) is 12.2 Å². The van der Waals surface area contributed by atoms with Crippen molar-refractivity contribution in [3.63, 3.8) is 0 Å². The molecular formula is C38H55IrNO3-2. The summed E-state index contributed by atoms with van der Waals surface area (Å²) < 4.78 is 6.16. The molecule has 0 bridgehead atoms. The molecule has 0 spiro atoms. The second kappa shape index (κ2) is 12.8. The summed E-state index contributed by atoms with van der Waals surface area (Å²) in [6, 6.07) is 15.7. The van der Waals surface area contributed by atoms with Crippen LogP contribution in [-0.4, -0.2) is 28.0 Å². The van der Waals surface area contributed by atoms with Crippen molar-refractivity contribution >= 4 is 27.6 Å². The van der Waals surface area contributed by atoms with Crippen LogP contribution in [0.5, 0.6) is 0 Å². The van der Waals surface area contributed by atoms with E-state index >= 15 is 0 Å². The minimum Gasteiger partial charge on any atom is -0.535 e. The Hall–Kier alpha value is -1.39. The number of aliphatic hydroxyl groups is 2. The van der Waals surface area contributed by atoms with Gasteiger partial charge in [-0.3, -0.25) is 0 Å². The van der Waals surface area contributed by atoms with Crippen LogP contribution >= 0.6 is 0 Å². The molecule has 241 valence electrons. The molecule has 2 heterocycles. The van der Waals surface area contributed by atoms with Crippen molar-refractivity contribution in [2.75, 3.05) is 4.90 Å². The first kappa shape index (κ1) is 34.5. The summed E-state index contributed by atoms with van der Waals surface area (Å²) >= 11 is 0. The van der Waals surface area contributed by atoms with E-state index in [1.54, 1.807) is 0 Å². The average Bonchev–Trinajstić information content (AvgIpc) is 3.52. The average molecular weight is 766 g/mol. The number of rotatable bonds is 5. The first-order valence-corrected chi connectivity index (χ1v) is 16.7. The Kier molecular flexibility index (Phi) is 10.2. The number of nitrogens with zero attached hydrogens (tertiary/aromatic N) is 1. The van der Waals surface area contributed by atoms with Crippen molar-refractivity contribution in [2.45, 2.75) is 131 Å². The van der Waals surface area contributed by atoms with Crippen LogP contribution in [0.1, 0.15) is 113 Å². The number of benzene rings is 2. The van der Waals surface area contributed by atoms with Gasteiger partial charge in [-0.25, -0.2) is 6.54 Å². The quantitative estimate of drug-likeness (QED) is 0.254. The number of anilines is 1. The molecule has 6 rings (SSSR count). The molecule has 2 N–H and O–H groups in total. The summed E-state index contributed by atoms with van der Waals surface area (Å²) in [6.07, 6.45) is 9.29. The molecule has 4 nitrogen and oxygen atoms in total. The molecule has 2 saturated carbocycles. The first-order chi connectivity index (χ1) is 19.9. The molecule has 1 radical (unpaired) electrons. The van der Waals surface area contributed by atoms with Gasteiger partial charge in [0.1, 0.15) is 5.58 Å². The Morgan fingerprint density at radius 1 is 0.907 bits per heavy atom. The third-order valence-corrected chi connectivity index (χ3v) is 11.8. The van der Waals surface area contributed by atoms with Gasteiger partial charge in [-0.15, -0.1) is 5.41 Å². The molecule has 0 amide bonds. The minimum absolute atomic E-state index is 0. The zero-order chi connectivity index (χ0) is 30.5. The third-order valence-electron chi connectivity index (χ3n) is 11.8. The molecule has 1 saturated heterocycles. The number of furan rings is 1. The van der Waals surface area contributed by atoms with Crippen LogP contribution in [0.3, 0.4) is 0 Å². The number of hydrogen-bond acceptors (Lipinski definition) is 4. The summed E-state index contributed by atoms with van der Waals surface area (Å²) in [5.74, 6) is 0.636. The second-order valence-corrected chi connectivity index (χ2v) is 15.1. The summed E-state index contributed by atoms with van der Waals surface area (Å²) in [5.41, 5.74) is 3.27. The van der Waals surface area contributed by atoms with Crippen molar-refractivity contribution < 1.29 is 34.7 Å². The van der Waals surface area contributed by atoms with Crippen LogP contribution in [0, 0.1) is 40.7 Å². The largest absolute Gasteiger partial charge is 0.535 e. The summed E-state index contributed by atoms with van der Waals surface area (Å²) in [6.45, 7) is 20.3. The van der Waals surface area contributed by atoms with Crippen molar-refractivity contribution in [3.05, 3.63) is 49.0 Å². The minimum atomic E-state index is -0.319. The van der Waals surface area contributed by atoms with Crippen LogP contribution in [0.2, 0.25) is 0 Å².